The summed E-state index contributed by atoms with van der Waals surface area (Å²) in [6.07, 6.45) is 6.76. The number of methoxy groups -OCH3 is 2. The minimum Gasteiger partial charge on any atom is -0.496 e. The summed E-state index contributed by atoms with van der Waals surface area (Å²) in [4.78, 5) is 12.0. The maximum atomic E-state index is 13.5. The second-order valence-electron chi connectivity index (χ2n) is 11.2. The molecule has 13 heteroatoms. The molecule has 2 heterocycles. The van der Waals surface area contributed by atoms with Gasteiger partial charge in [0.1, 0.15) is 27.4 Å². The highest BCUT2D eigenvalue weighted by Gasteiger charge is 2.27. The van der Waals surface area contributed by atoms with Crippen LogP contribution in [0.3, 0.4) is 0 Å². The number of hydrogen-bond acceptors (Lipinski definition) is 9. The van der Waals surface area contributed by atoms with E-state index in [0.717, 1.165) is 47.9 Å². The van der Waals surface area contributed by atoms with E-state index < -0.39 is 21.7 Å². The minimum atomic E-state index is -4.06. The van der Waals surface area contributed by atoms with Crippen LogP contribution in [0.25, 0.3) is 11.0 Å². The Bertz CT molecular complexity index is 1720. The molecule has 12 nitrogen and oxygen atoms in total. The topological polar surface area (TPSA) is 147 Å². The fourth-order valence-electron chi connectivity index (χ4n) is 4.96. The van der Waals surface area contributed by atoms with Crippen molar-refractivity contribution in [2.24, 2.45) is 0 Å². The summed E-state index contributed by atoms with van der Waals surface area (Å²) < 4.78 is 53.2. The number of aromatic nitrogens is 3. The van der Waals surface area contributed by atoms with Gasteiger partial charge < -0.3 is 24.1 Å². The van der Waals surface area contributed by atoms with Crippen LogP contribution < -0.4 is 19.5 Å². The molecule has 0 atom stereocenters. The number of anilines is 1. The maximum absolute atomic E-state index is 13.5. The molecule has 5 rings (SSSR count). The molecule has 1 aliphatic rings. The van der Waals surface area contributed by atoms with Gasteiger partial charge in [-0.3, -0.25) is 9.40 Å². The van der Waals surface area contributed by atoms with Gasteiger partial charge in [-0.05, 0) is 87.4 Å². The molecule has 0 saturated carbocycles. The lowest BCUT2D eigenvalue weighted by Crippen LogP contribution is -2.32. The summed E-state index contributed by atoms with van der Waals surface area (Å²) in [6, 6.07) is 7.03. The van der Waals surface area contributed by atoms with Crippen LogP contribution >= 0.6 is 0 Å². The SMILES string of the molecule is COc1cc2c(cc1S(=O)(=O)Nc1noc3cc(Cn4cc(CNC(=O)OC(C)(C)C)cn4)cc(OC)c13)CCCC2. The lowest BCUT2D eigenvalue weighted by molar-refractivity contribution is 0.0523. The van der Waals surface area contributed by atoms with Crippen LogP contribution in [-0.4, -0.2) is 49.3 Å². The number of carbonyl (C=O) groups excluding carboxylic acids is 1. The summed E-state index contributed by atoms with van der Waals surface area (Å²) in [5.74, 6) is 0.686. The molecule has 0 fully saturated rings. The highest BCUT2D eigenvalue weighted by molar-refractivity contribution is 7.92. The van der Waals surface area contributed by atoms with Crippen LogP contribution in [0.4, 0.5) is 10.6 Å². The molecule has 0 spiro atoms. The van der Waals surface area contributed by atoms with Gasteiger partial charge in [0.15, 0.2) is 11.4 Å². The number of hydrogen-bond donors (Lipinski definition) is 2. The van der Waals surface area contributed by atoms with Crippen LogP contribution in [0.5, 0.6) is 11.5 Å². The lowest BCUT2D eigenvalue weighted by Gasteiger charge is -2.19. The number of nitrogens with one attached hydrogen (secondary N) is 2. The number of rotatable bonds is 9. The molecular weight excluding hydrogens is 562 g/mol. The van der Waals surface area contributed by atoms with Crippen molar-refractivity contribution in [3.63, 3.8) is 0 Å². The van der Waals surface area contributed by atoms with Crippen molar-refractivity contribution in [3.05, 3.63) is 58.9 Å². The Morgan fingerprint density at radius 2 is 1.74 bits per heavy atom. The van der Waals surface area contributed by atoms with Crippen molar-refractivity contribution >= 4 is 32.9 Å². The third-order valence-corrected chi connectivity index (χ3v) is 8.19. The molecule has 224 valence electrons. The maximum Gasteiger partial charge on any atom is 0.407 e. The second-order valence-corrected chi connectivity index (χ2v) is 12.8. The molecule has 42 heavy (non-hydrogen) atoms. The van der Waals surface area contributed by atoms with E-state index in [9.17, 15) is 13.2 Å². The van der Waals surface area contributed by atoms with Crippen molar-refractivity contribution in [1.82, 2.24) is 20.3 Å². The molecule has 0 aliphatic heterocycles. The molecule has 2 N–H and O–H groups in total. The Morgan fingerprint density at radius 1 is 1.02 bits per heavy atom. The van der Waals surface area contributed by atoms with Crippen molar-refractivity contribution in [2.45, 2.75) is 70.0 Å². The Morgan fingerprint density at radius 3 is 2.43 bits per heavy atom. The Hall–Kier alpha value is -4.26. The number of fused-ring (bicyclic) bond motifs is 2. The average molecular weight is 598 g/mol. The van der Waals surface area contributed by atoms with Gasteiger partial charge in [-0.1, -0.05) is 5.16 Å². The van der Waals surface area contributed by atoms with E-state index in [1.807, 2.05) is 6.07 Å². The van der Waals surface area contributed by atoms with Crippen molar-refractivity contribution < 1.29 is 31.9 Å². The number of ether oxygens (including phenoxy) is 3. The molecule has 1 aliphatic carbocycles. The largest absolute Gasteiger partial charge is 0.496 e. The normalized spacial score (nSPS) is 13.5. The van der Waals surface area contributed by atoms with Gasteiger partial charge in [-0.15, -0.1) is 0 Å². The monoisotopic (exact) mass is 597 g/mol. The number of benzene rings is 2. The molecule has 0 bridgehead atoms. The average Bonchev–Trinajstić information content (AvgIpc) is 3.56. The first-order chi connectivity index (χ1) is 20.0. The highest BCUT2D eigenvalue weighted by atomic mass is 32.2. The van der Waals surface area contributed by atoms with Crippen LogP contribution in [0.1, 0.15) is 55.9 Å². The zero-order valence-corrected chi connectivity index (χ0v) is 25.1. The van der Waals surface area contributed by atoms with Crippen LogP contribution in [0, 0.1) is 0 Å². The first-order valence-corrected chi connectivity index (χ1v) is 15.1. The third-order valence-electron chi connectivity index (χ3n) is 6.83. The Labute approximate surface area is 244 Å². The number of aryl methyl sites for hydroxylation is 2. The van der Waals surface area contributed by atoms with Gasteiger partial charge in [-0.25, -0.2) is 13.2 Å². The third kappa shape index (κ3) is 6.46. The van der Waals surface area contributed by atoms with Gasteiger partial charge in [0.05, 0.1) is 27.0 Å². The van der Waals surface area contributed by atoms with Crippen LogP contribution in [0.2, 0.25) is 0 Å². The van der Waals surface area contributed by atoms with Crippen molar-refractivity contribution in [3.8, 4) is 11.5 Å². The highest BCUT2D eigenvalue weighted by Crippen LogP contribution is 2.37. The fraction of sp³-hybridized carbons (Fsp3) is 0.414. The standard InChI is InChI=1S/C29H35N5O7S/c1-29(2,3)40-28(35)30-14-19-15-31-34(17-19)16-18-10-23(39-5)26-24(11-18)41-32-27(26)33-42(36,37)25-13-21-9-7-6-8-20(21)12-22(25)38-4/h10-13,15,17H,6-9,14,16H2,1-5H3,(H,30,35)(H,32,33). The molecule has 0 unspecified atom stereocenters. The summed E-state index contributed by atoms with van der Waals surface area (Å²) in [5, 5.41) is 11.5. The molecule has 2 aromatic carbocycles. The first kappa shape index (κ1) is 29.2. The van der Waals surface area contributed by atoms with Gasteiger partial charge in [0.25, 0.3) is 10.0 Å². The predicted octanol–water partition coefficient (Wildman–Crippen LogP) is 4.79. The van der Waals surface area contributed by atoms with E-state index in [2.05, 4.69) is 20.3 Å². The van der Waals surface area contributed by atoms with Crippen molar-refractivity contribution in [1.29, 1.82) is 0 Å². The van der Waals surface area contributed by atoms with E-state index in [-0.39, 0.29) is 23.0 Å². The van der Waals surface area contributed by atoms with E-state index >= 15 is 0 Å². The van der Waals surface area contributed by atoms with E-state index in [1.165, 1.54) is 14.2 Å². The summed E-state index contributed by atoms with van der Waals surface area (Å²) >= 11 is 0. The number of amides is 1. The lowest BCUT2D eigenvalue weighted by atomic mass is 9.92. The molecule has 0 radical (unpaired) electrons. The zero-order chi connectivity index (χ0) is 30.1. The number of carbonyl (C=O) groups is 1. The molecular formula is C29H35N5O7S. The van der Waals surface area contributed by atoms with Crippen LogP contribution in [-0.2, 0) is 40.7 Å². The van der Waals surface area contributed by atoms with E-state index in [4.69, 9.17) is 18.7 Å². The predicted molar refractivity (Wildman–Crippen MR) is 155 cm³/mol. The van der Waals surface area contributed by atoms with Crippen LogP contribution in [0.15, 0.2) is 46.1 Å². The second kappa shape index (κ2) is 11.6. The molecule has 1 amide bonds. The fourth-order valence-corrected chi connectivity index (χ4v) is 6.17. The molecule has 0 saturated heterocycles. The summed E-state index contributed by atoms with van der Waals surface area (Å²) in [5.41, 5.74) is 3.47. The smallest absolute Gasteiger partial charge is 0.407 e. The Balaban J connectivity index is 1.35. The zero-order valence-electron chi connectivity index (χ0n) is 24.3. The van der Waals surface area contributed by atoms with E-state index in [0.29, 0.717) is 23.3 Å². The number of alkyl carbamates (subject to hydrolysis) is 1. The quantitative estimate of drug-likeness (QED) is 0.278. The minimum absolute atomic E-state index is 0.0165. The van der Waals surface area contributed by atoms with Gasteiger partial charge in [0, 0.05) is 18.3 Å². The van der Waals surface area contributed by atoms with Gasteiger partial charge in [-0.2, -0.15) is 5.10 Å². The number of nitrogens with zero attached hydrogens (tertiary/aromatic N) is 3. The van der Waals surface area contributed by atoms with Crippen molar-refractivity contribution in [2.75, 3.05) is 18.9 Å². The number of sulfonamides is 1. The van der Waals surface area contributed by atoms with E-state index in [1.54, 1.807) is 56.0 Å². The summed E-state index contributed by atoms with van der Waals surface area (Å²) in [6.45, 7) is 6.03. The van der Waals surface area contributed by atoms with Gasteiger partial charge >= 0.3 is 6.09 Å². The summed E-state index contributed by atoms with van der Waals surface area (Å²) in [7, 11) is -1.11. The van der Waals surface area contributed by atoms with Gasteiger partial charge in [0.2, 0.25) is 0 Å². The molecule has 4 aromatic rings. The Kier molecular flexibility index (Phi) is 8.04. The molecule has 2 aromatic heterocycles. The first-order valence-electron chi connectivity index (χ1n) is 13.6.